The minimum atomic E-state index is 0.777. The lowest BCUT2D eigenvalue weighted by Gasteiger charge is -2.10. The molecule has 0 bridgehead atoms. The number of nitrogens with one attached hydrogen (secondary N) is 1. The van der Waals surface area contributed by atoms with Crippen LogP contribution in [0.25, 0.3) is 0 Å². The molecule has 0 fully saturated rings. The normalized spacial score (nSPS) is 10.7. The highest BCUT2D eigenvalue weighted by molar-refractivity contribution is 9.10. The lowest BCUT2D eigenvalue weighted by atomic mass is 10.4. The van der Waals surface area contributed by atoms with Gasteiger partial charge in [-0.3, -0.25) is 0 Å². The molecule has 0 unspecified atom stereocenters. The van der Waals surface area contributed by atoms with Crippen LogP contribution in [-0.4, -0.2) is 42.1 Å². The third kappa shape index (κ3) is 5.09. The molecule has 0 atom stereocenters. The van der Waals surface area contributed by atoms with Gasteiger partial charge in [-0.1, -0.05) is 0 Å². The van der Waals surface area contributed by atoms with E-state index in [0.29, 0.717) is 0 Å². The highest BCUT2D eigenvalue weighted by atomic mass is 79.9. The van der Waals surface area contributed by atoms with Crippen LogP contribution in [0.1, 0.15) is 12.2 Å². The Hall–Kier alpha value is -0.680. The zero-order chi connectivity index (χ0) is 11.3. The highest BCUT2D eigenvalue weighted by Crippen LogP contribution is 2.11. The molecule has 0 saturated heterocycles. The molecule has 0 aliphatic carbocycles. The number of aryl methyl sites for hydroxylation is 1. The van der Waals surface area contributed by atoms with E-state index >= 15 is 0 Å². The third-order valence-electron chi connectivity index (χ3n) is 1.89. The van der Waals surface area contributed by atoms with Gasteiger partial charge >= 0.3 is 0 Å². The second-order valence-corrected chi connectivity index (χ2v) is 4.52. The molecule has 1 aromatic heterocycles. The van der Waals surface area contributed by atoms with Gasteiger partial charge in [0, 0.05) is 12.6 Å². The standard InChI is InChI=1S/C10H17BrN4/c1-8-13-9(11)7-10(14-8)12-5-4-6-15(2)3/h7H,4-6H2,1-3H3,(H,12,13,14). The Labute approximate surface area is 99.2 Å². The first-order chi connectivity index (χ1) is 7.08. The van der Waals surface area contributed by atoms with Gasteiger partial charge in [0.2, 0.25) is 0 Å². The van der Waals surface area contributed by atoms with Crippen LogP contribution >= 0.6 is 15.9 Å². The zero-order valence-corrected chi connectivity index (χ0v) is 11.0. The fourth-order valence-corrected chi connectivity index (χ4v) is 1.71. The maximum absolute atomic E-state index is 4.28. The van der Waals surface area contributed by atoms with Crippen LogP contribution in [0.2, 0.25) is 0 Å². The summed E-state index contributed by atoms with van der Waals surface area (Å²) in [5, 5.41) is 3.27. The van der Waals surface area contributed by atoms with Crippen molar-refractivity contribution in [1.82, 2.24) is 14.9 Å². The quantitative estimate of drug-likeness (QED) is 0.657. The molecule has 0 aliphatic rings. The average Bonchev–Trinajstić information content (AvgIpc) is 2.10. The number of rotatable bonds is 5. The van der Waals surface area contributed by atoms with Gasteiger partial charge in [0.05, 0.1) is 0 Å². The van der Waals surface area contributed by atoms with Crippen LogP contribution in [0.3, 0.4) is 0 Å². The molecule has 0 saturated carbocycles. The summed E-state index contributed by atoms with van der Waals surface area (Å²) < 4.78 is 0.824. The van der Waals surface area contributed by atoms with Crippen molar-refractivity contribution >= 4 is 21.7 Å². The third-order valence-corrected chi connectivity index (χ3v) is 2.30. The minimum Gasteiger partial charge on any atom is -0.370 e. The van der Waals surface area contributed by atoms with Gasteiger partial charge in [-0.25, -0.2) is 9.97 Å². The predicted molar refractivity (Wildman–Crippen MR) is 66.1 cm³/mol. The highest BCUT2D eigenvalue weighted by Gasteiger charge is 1.98. The first-order valence-electron chi connectivity index (χ1n) is 4.97. The van der Waals surface area contributed by atoms with Crippen LogP contribution in [-0.2, 0) is 0 Å². The summed E-state index contributed by atoms with van der Waals surface area (Å²) in [5.41, 5.74) is 0. The molecule has 0 radical (unpaired) electrons. The maximum Gasteiger partial charge on any atom is 0.130 e. The number of nitrogens with zero attached hydrogens (tertiary/aromatic N) is 3. The monoisotopic (exact) mass is 272 g/mol. The van der Waals surface area contributed by atoms with E-state index in [9.17, 15) is 0 Å². The van der Waals surface area contributed by atoms with Crippen molar-refractivity contribution < 1.29 is 0 Å². The number of hydrogen-bond acceptors (Lipinski definition) is 4. The van der Waals surface area contributed by atoms with E-state index in [1.807, 2.05) is 13.0 Å². The molecule has 1 heterocycles. The molecule has 0 aromatic carbocycles. The summed E-state index contributed by atoms with van der Waals surface area (Å²) >= 11 is 3.35. The summed E-state index contributed by atoms with van der Waals surface area (Å²) in [6.45, 7) is 3.90. The molecular weight excluding hydrogens is 256 g/mol. The maximum atomic E-state index is 4.28. The molecule has 0 amide bonds. The van der Waals surface area contributed by atoms with Crippen molar-refractivity contribution in [2.45, 2.75) is 13.3 Å². The van der Waals surface area contributed by atoms with Crippen molar-refractivity contribution in [2.24, 2.45) is 0 Å². The Bertz CT molecular complexity index is 294. The van der Waals surface area contributed by atoms with E-state index < -0.39 is 0 Å². The summed E-state index contributed by atoms with van der Waals surface area (Å²) in [5.74, 6) is 1.66. The second kappa shape index (κ2) is 6.02. The van der Waals surface area contributed by atoms with E-state index in [2.05, 4.69) is 50.2 Å². The Morgan fingerprint density at radius 1 is 1.40 bits per heavy atom. The summed E-state index contributed by atoms with van der Waals surface area (Å²) in [6.07, 6.45) is 1.10. The molecule has 1 rings (SSSR count). The number of hydrogen-bond donors (Lipinski definition) is 1. The van der Waals surface area contributed by atoms with Gasteiger partial charge < -0.3 is 10.2 Å². The fraction of sp³-hybridized carbons (Fsp3) is 0.600. The van der Waals surface area contributed by atoms with E-state index in [1.165, 1.54) is 0 Å². The number of halogens is 1. The van der Waals surface area contributed by atoms with Crippen LogP contribution in [0.4, 0.5) is 5.82 Å². The van der Waals surface area contributed by atoms with Crippen molar-refractivity contribution in [3.8, 4) is 0 Å². The van der Waals surface area contributed by atoms with Gasteiger partial charge in [0.1, 0.15) is 16.2 Å². The molecule has 15 heavy (non-hydrogen) atoms. The topological polar surface area (TPSA) is 41.1 Å². The molecule has 84 valence electrons. The lowest BCUT2D eigenvalue weighted by molar-refractivity contribution is 0.405. The molecule has 0 spiro atoms. The Kier molecular flexibility index (Phi) is 4.98. The molecule has 1 aromatic rings. The SMILES string of the molecule is Cc1nc(Br)cc(NCCCN(C)C)n1. The number of anilines is 1. The molecular formula is C10H17BrN4. The molecule has 4 nitrogen and oxygen atoms in total. The van der Waals surface area contributed by atoms with E-state index in [0.717, 1.165) is 35.8 Å². The number of aromatic nitrogens is 2. The second-order valence-electron chi connectivity index (χ2n) is 3.71. The Balaban J connectivity index is 2.37. The fourth-order valence-electron chi connectivity index (χ4n) is 1.23. The lowest BCUT2D eigenvalue weighted by Crippen LogP contribution is -2.16. The molecule has 0 aliphatic heterocycles. The Morgan fingerprint density at radius 3 is 2.73 bits per heavy atom. The summed E-state index contributed by atoms with van der Waals surface area (Å²) in [4.78, 5) is 10.6. The van der Waals surface area contributed by atoms with Crippen molar-refractivity contribution in [2.75, 3.05) is 32.5 Å². The van der Waals surface area contributed by atoms with Gasteiger partial charge in [-0.15, -0.1) is 0 Å². The summed E-state index contributed by atoms with van der Waals surface area (Å²) in [6, 6.07) is 1.89. The van der Waals surface area contributed by atoms with Gasteiger partial charge in [-0.2, -0.15) is 0 Å². The predicted octanol–water partition coefficient (Wildman–Crippen LogP) is 1.91. The first-order valence-corrected chi connectivity index (χ1v) is 5.77. The zero-order valence-electron chi connectivity index (χ0n) is 9.42. The smallest absolute Gasteiger partial charge is 0.130 e. The Morgan fingerprint density at radius 2 is 2.13 bits per heavy atom. The molecule has 5 heteroatoms. The van der Waals surface area contributed by atoms with Gasteiger partial charge in [0.15, 0.2) is 0 Å². The minimum absolute atomic E-state index is 0.777. The van der Waals surface area contributed by atoms with E-state index in [1.54, 1.807) is 0 Å². The van der Waals surface area contributed by atoms with Crippen LogP contribution < -0.4 is 5.32 Å². The van der Waals surface area contributed by atoms with E-state index in [4.69, 9.17) is 0 Å². The van der Waals surface area contributed by atoms with Gasteiger partial charge in [0.25, 0.3) is 0 Å². The van der Waals surface area contributed by atoms with Crippen molar-refractivity contribution in [1.29, 1.82) is 0 Å². The largest absolute Gasteiger partial charge is 0.370 e. The van der Waals surface area contributed by atoms with Gasteiger partial charge in [-0.05, 0) is 49.9 Å². The summed E-state index contributed by atoms with van der Waals surface area (Å²) in [7, 11) is 4.15. The average molecular weight is 273 g/mol. The van der Waals surface area contributed by atoms with Crippen LogP contribution in [0.15, 0.2) is 10.7 Å². The van der Waals surface area contributed by atoms with Crippen LogP contribution in [0, 0.1) is 6.92 Å². The van der Waals surface area contributed by atoms with E-state index in [-0.39, 0.29) is 0 Å². The van der Waals surface area contributed by atoms with Crippen molar-refractivity contribution in [3.63, 3.8) is 0 Å². The molecule has 1 N–H and O–H groups in total. The van der Waals surface area contributed by atoms with Crippen LogP contribution in [0.5, 0.6) is 0 Å². The van der Waals surface area contributed by atoms with Crippen molar-refractivity contribution in [3.05, 3.63) is 16.5 Å². The first kappa shape index (κ1) is 12.4.